The van der Waals surface area contributed by atoms with Crippen molar-refractivity contribution in [3.63, 3.8) is 0 Å². The van der Waals surface area contributed by atoms with Crippen LogP contribution in [0.1, 0.15) is 16.7 Å². The first kappa shape index (κ1) is 18.3. The molecule has 0 radical (unpaired) electrons. The Bertz CT molecular complexity index is 1130. The van der Waals surface area contributed by atoms with Crippen LogP contribution < -0.4 is 4.74 Å². The number of hydrogen-bond donors (Lipinski definition) is 0. The first-order valence-electron chi connectivity index (χ1n) is 9.19. The Morgan fingerprint density at radius 2 is 1.68 bits per heavy atom. The summed E-state index contributed by atoms with van der Waals surface area (Å²) in [6, 6.07) is 28.3. The van der Waals surface area contributed by atoms with Gasteiger partial charge in [-0.1, -0.05) is 71.8 Å². The van der Waals surface area contributed by atoms with E-state index in [1.807, 2.05) is 66.9 Å². The lowest BCUT2D eigenvalue weighted by atomic mass is 10.1. The zero-order valence-electron chi connectivity index (χ0n) is 15.6. The first-order valence-corrected chi connectivity index (χ1v) is 9.56. The molecular weight excluding hydrogens is 366 g/mol. The number of nitrogens with zero attached hydrogens (tertiary/aromatic N) is 1. The molecule has 0 spiro atoms. The van der Waals surface area contributed by atoms with Gasteiger partial charge in [-0.2, -0.15) is 0 Å². The Balaban J connectivity index is 1.48. The van der Waals surface area contributed by atoms with Gasteiger partial charge in [-0.25, -0.2) is 0 Å². The third kappa shape index (κ3) is 4.24. The van der Waals surface area contributed by atoms with Gasteiger partial charge in [0, 0.05) is 6.21 Å². The topological polar surface area (TPSA) is 21.6 Å². The van der Waals surface area contributed by atoms with Crippen molar-refractivity contribution in [2.24, 2.45) is 4.99 Å². The van der Waals surface area contributed by atoms with E-state index < -0.39 is 0 Å². The Morgan fingerprint density at radius 3 is 2.50 bits per heavy atom. The molecule has 0 fully saturated rings. The third-order valence-corrected chi connectivity index (χ3v) is 4.91. The zero-order valence-corrected chi connectivity index (χ0v) is 16.4. The minimum Gasteiger partial charge on any atom is -0.487 e. The average molecular weight is 386 g/mol. The summed E-state index contributed by atoms with van der Waals surface area (Å²) in [5.41, 5.74) is 4.20. The number of ether oxygens (including phenoxy) is 1. The van der Waals surface area contributed by atoms with E-state index in [4.69, 9.17) is 16.3 Å². The fourth-order valence-corrected chi connectivity index (χ4v) is 3.31. The van der Waals surface area contributed by atoms with Crippen LogP contribution in [0.15, 0.2) is 89.9 Å². The van der Waals surface area contributed by atoms with Crippen molar-refractivity contribution in [2.75, 3.05) is 0 Å². The Labute approximate surface area is 170 Å². The van der Waals surface area contributed by atoms with Crippen LogP contribution in [0.5, 0.6) is 5.75 Å². The van der Waals surface area contributed by atoms with Crippen LogP contribution in [0.3, 0.4) is 0 Å². The second kappa shape index (κ2) is 8.28. The van der Waals surface area contributed by atoms with E-state index in [1.54, 1.807) is 0 Å². The van der Waals surface area contributed by atoms with Crippen molar-refractivity contribution >= 4 is 34.3 Å². The summed E-state index contributed by atoms with van der Waals surface area (Å²) in [6.07, 6.45) is 1.81. The number of halogens is 1. The normalized spacial score (nSPS) is 11.2. The fraction of sp³-hybridized carbons (Fsp3) is 0.0800. The Kier molecular flexibility index (Phi) is 5.41. The van der Waals surface area contributed by atoms with Gasteiger partial charge in [-0.3, -0.25) is 4.99 Å². The molecular formula is C25H20ClNO. The summed E-state index contributed by atoms with van der Waals surface area (Å²) in [7, 11) is 0. The molecule has 0 atom stereocenters. The fourth-order valence-electron chi connectivity index (χ4n) is 3.07. The molecule has 0 aliphatic heterocycles. The molecule has 0 amide bonds. The molecule has 138 valence electrons. The van der Waals surface area contributed by atoms with Crippen molar-refractivity contribution in [2.45, 2.75) is 13.5 Å². The number of aryl methyl sites for hydroxylation is 1. The summed E-state index contributed by atoms with van der Waals surface area (Å²) in [5.74, 6) is 0.669. The molecule has 0 saturated carbocycles. The number of hydrogen-bond acceptors (Lipinski definition) is 2. The average Bonchev–Trinajstić information content (AvgIpc) is 2.73. The van der Waals surface area contributed by atoms with Crippen LogP contribution in [0.4, 0.5) is 5.69 Å². The molecule has 0 aliphatic carbocycles. The van der Waals surface area contributed by atoms with Crippen molar-refractivity contribution < 1.29 is 4.74 Å². The van der Waals surface area contributed by atoms with E-state index in [0.29, 0.717) is 17.4 Å². The zero-order chi connectivity index (χ0) is 19.3. The van der Waals surface area contributed by atoms with Crippen LogP contribution in [0.25, 0.3) is 10.8 Å². The van der Waals surface area contributed by atoms with Crippen LogP contribution in [0.2, 0.25) is 5.02 Å². The minimum atomic E-state index is 0.470. The summed E-state index contributed by atoms with van der Waals surface area (Å²) in [5, 5.41) is 2.98. The molecule has 4 rings (SSSR count). The smallest absolute Gasteiger partial charge is 0.138 e. The van der Waals surface area contributed by atoms with Crippen molar-refractivity contribution in [3.05, 3.63) is 107 Å². The van der Waals surface area contributed by atoms with Gasteiger partial charge in [0.15, 0.2) is 0 Å². The molecule has 0 heterocycles. The molecule has 2 nitrogen and oxygen atoms in total. The largest absolute Gasteiger partial charge is 0.487 e. The maximum Gasteiger partial charge on any atom is 0.138 e. The van der Waals surface area contributed by atoms with Gasteiger partial charge in [-0.15, -0.1) is 0 Å². The Morgan fingerprint density at radius 1 is 0.893 bits per heavy atom. The summed E-state index contributed by atoms with van der Waals surface area (Å²) >= 11 is 6.43. The molecule has 28 heavy (non-hydrogen) atoms. The highest BCUT2D eigenvalue weighted by Gasteiger charge is 2.05. The molecule has 0 aliphatic rings. The number of rotatable bonds is 5. The number of benzene rings is 4. The quantitative estimate of drug-likeness (QED) is 0.335. The molecule has 0 aromatic heterocycles. The highest BCUT2D eigenvalue weighted by molar-refractivity contribution is 6.32. The molecule has 0 saturated heterocycles. The number of fused-ring (bicyclic) bond motifs is 1. The van der Waals surface area contributed by atoms with E-state index in [9.17, 15) is 0 Å². The van der Waals surface area contributed by atoms with E-state index >= 15 is 0 Å². The standard InChI is InChI=1S/C25H20ClNO/c1-18-9-12-22(13-10-18)27-16-19-11-14-25(24(26)15-19)28-17-21-7-4-6-20-5-2-3-8-23(20)21/h2-16H,17H2,1H3. The monoisotopic (exact) mass is 385 g/mol. The van der Waals surface area contributed by atoms with Crippen molar-refractivity contribution in [3.8, 4) is 5.75 Å². The van der Waals surface area contributed by atoms with Crippen molar-refractivity contribution in [1.29, 1.82) is 0 Å². The number of aliphatic imine (C=N–C) groups is 1. The van der Waals surface area contributed by atoms with E-state index in [-0.39, 0.29) is 0 Å². The lowest BCUT2D eigenvalue weighted by Crippen LogP contribution is -1.97. The van der Waals surface area contributed by atoms with E-state index in [0.717, 1.165) is 16.8 Å². The maximum absolute atomic E-state index is 6.43. The SMILES string of the molecule is Cc1ccc(N=Cc2ccc(OCc3cccc4ccccc34)c(Cl)c2)cc1. The lowest BCUT2D eigenvalue weighted by molar-refractivity contribution is 0.308. The summed E-state index contributed by atoms with van der Waals surface area (Å²) < 4.78 is 5.99. The summed E-state index contributed by atoms with van der Waals surface area (Å²) in [4.78, 5) is 4.49. The van der Waals surface area contributed by atoms with Gasteiger partial charge >= 0.3 is 0 Å². The molecule has 0 unspecified atom stereocenters. The minimum absolute atomic E-state index is 0.470. The van der Waals surface area contributed by atoms with Gasteiger partial charge in [0.1, 0.15) is 12.4 Å². The third-order valence-electron chi connectivity index (χ3n) is 4.62. The lowest BCUT2D eigenvalue weighted by Gasteiger charge is -2.11. The van der Waals surface area contributed by atoms with E-state index in [1.165, 1.54) is 16.3 Å². The van der Waals surface area contributed by atoms with Crippen LogP contribution in [-0.2, 0) is 6.61 Å². The first-order chi connectivity index (χ1) is 13.7. The van der Waals surface area contributed by atoms with Crippen molar-refractivity contribution in [1.82, 2.24) is 0 Å². The van der Waals surface area contributed by atoms with Gasteiger partial charge in [0.05, 0.1) is 10.7 Å². The van der Waals surface area contributed by atoms with Crippen LogP contribution >= 0.6 is 11.6 Å². The molecule has 3 heteroatoms. The van der Waals surface area contributed by atoms with Crippen LogP contribution in [0, 0.1) is 6.92 Å². The predicted molar refractivity (Wildman–Crippen MR) is 118 cm³/mol. The van der Waals surface area contributed by atoms with Gasteiger partial charge in [0.2, 0.25) is 0 Å². The Hall–Kier alpha value is -3.10. The highest BCUT2D eigenvalue weighted by atomic mass is 35.5. The summed E-state index contributed by atoms with van der Waals surface area (Å²) in [6.45, 7) is 2.53. The van der Waals surface area contributed by atoms with E-state index in [2.05, 4.69) is 36.2 Å². The van der Waals surface area contributed by atoms with Gasteiger partial charge < -0.3 is 4.74 Å². The van der Waals surface area contributed by atoms with Crippen LogP contribution in [-0.4, -0.2) is 6.21 Å². The highest BCUT2D eigenvalue weighted by Crippen LogP contribution is 2.27. The predicted octanol–water partition coefficient (Wildman–Crippen LogP) is 7.13. The molecule has 4 aromatic rings. The van der Waals surface area contributed by atoms with Gasteiger partial charge in [-0.05, 0) is 59.2 Å². The van der Waals surface area contributed by atoms with Gasteiger partial charge in [0.25, 0.3) is 0 Å². The molecule has 0 bridgehead atoms. The molecule has 0 N–H and O–H groups in total. The second-order valence-electron chi connectivity index (χ2n) is 6.71. The maximum atomic E-state index is 6.43. The molecule has 4 aromatic carbocycles. The second-order valence-corrected chi connectivity index (χ2v) is 7.12.